The van der Waals surface area contributed by atoms with Gasteiger partial charge in [0, 0.05) is 6.08 Å². The van der Waals surface area contributed by atoms with Gasteiger partial charge in [0.15, 0.2) is 0 Å². The molecular formula is C11H18O5. The van der Waals surface area contributed by atoms with Crippen LogP contribution in [-0.2, 0) is 19.1 Å². The number of epoxide rings is 1. The van der Waals surface area contributed by atoms with Crippen LogP contribution < -0.4 is 0 Å². The number of aliphatic carboxylic acids is 1. The number of hydrogen-bond acceptors (Lipinski definition) is 4. The van der Waals surface area contributed by atoms with Crippen molar-refractivity contribution in [1.82, 2.24) is 0 Å². The fourth-order valence-corrected chi connectivity index (χ4v) is 0.549. The molecule has 1 aliphatic rings. The fourth-order valence-electron chi connectivity index (χ4n) is 0.549. The fraction of sp³-hybridized carbons (Fsp3) is 0.636. The molecule has 0 spiro atoms. The van der Waals surface area contributed by atoms with Crippen LogP contribution in [0.15, 0.2) is 12.7 Å². The predicted molar refractivity (Wildman–Crippen MR) is 58.0 cm³/mol. The van der Waals surface area contributed by atoms with Crippen LogP contribution in [0.2, 0.25) is 0 Å². The minimum absolute atomic E-state index is 0.159. The molecule has 0 aliphatic carbocycles. The van der Waals surface area contributed by atoms with Gasteiger partial charge < -0.3 is 14.6 Å². The first-order valence-electron chi connectivity index (χ1n) is 4.91. The molecule has 92 valence electrons. The second kappa shape index (κ2) is 6.27. The Balaban J connectivity index is 0.000000385. The number of hydrogen-bond donors (Lipinski definition) is 1. The number of rotatable bonds is 3. The Labute approximate surface area is 95.0 Å². The molecule has 1 atom stereocenters. The summed E-state index contributed by atoms with van der Waals surface area (Å²) < 4.78 is 9.86. The average molecular weight is 230 g/mol. The van der Waals surface area contributed by atoms with E-state index < -0.39 is 11.4 Å². The summed E-state index contributed by atoms with van der Waals surface area (Å²) in [7, 11) is 0. The molecule has 1 N–H and O–H groups in total. The first kappa shape index (κ1) is 14.6. The number of carboxylic acid groups (broad SMARTS) is 1. The van der Waals surface area contributed by atoms with Crippen molar-refractivity contribution in [2.75, 3.05) is 13.2 Å². The van der Waals surface area contributed by atoms with E-state index in [0.29, 0.717) is 6.61 Å². The Hall–Kier alpha value is -1.36. The molecule has 0 saturated carbocycles. The Morgan fingerprint density at radius 2 is 2.00 bits per heavy atom. The van der Waals surface area contributed by atoms with E-state index in [1.54, 1.807) is 0 Å². The number of carbonyl (C=O) groups is 2. The van der Waals surface area contributed by atoms with Gasteiger partial charge in [0.25, 0.3) is 0 Å². The molecule has 1 aliphatic heterocycles. The Morgan fingerprint density at radius 3 is 2.25 bits per heavy atom. The third kappa shape index (κ3) is 7.99. The molecule has 1 saturated heterocycles. The first-order valence-corrected chi connectivity index (χ1v) is 4.91. The molecule has 5 heteroatoms. The SMILES string of the molecule is C=CC(=O)O.CC(C)(C)C(=O)OCC1CO1. The van der Waals surface area contributed by atoms with Crippen LogP contribution in [0.3, 0.4) is 0 Å². The standard InChI is InChI=1S/C8H14O3.C3H4O2/c1-8(2,3)7(9)11-5-6-4-10-6;1-2-3(4)5/h6H,4-5H2,1-3H3;2H,1H2,(H,4,5). The van der Waals surface area contributed by atoms with Gasteiger partial charge in [0.2, 0.25) is 0 Å². The van der Waals surface area contributed by atoms with Crippen LogP contribution in [0.1, 0.15) is 20.8 Å². The van der Waals surface area contributed by atoms with Crippen molar-refractivity contribution in [2.24, 2.45) is 5.41 Å². The minimum atomic E-state index is -0.981. The van der Waals surface area contributed by atoms with Crippen molar-refractivity contribution in [1.29, 1.82) is 0 Å². The molecule has 1 unspecified atom stereocenters. The lowest BCUT2D eigenvalue weighted by atomic mass is 9.97. The molecule has 0 radical (unpaired) electrons. The lowest BCUT2D eigenvalue weighted by molar-refractivity contribution is -0.153. The predicted octanol–water partition coefficient (Wildman–Crippen LogP) is 1.23. The summed E-state index contributed by atoms with van der Waals surface area (Å²) in [6.07, 6.45) is 1.00. The molecule has 0 aromatic heterocycles. The summed E-state index contributed by atoms with van der Waals surface area (Å²) in [5.74, 6) is -1.14. The maximum atomic E-state index is 11.1. The van der Waals surface area contributed by atoms with Crippen molar-refractivity contribution in [3.63, 3.8) is 0 Å². The van der Waals surface area contributed by atoms with E-state index in [1.165, 1.54) is 0 Å². The van der Waals surface area contributed by atoms with Gasteiger partial charge in [0.1, 0.15) is 12.7 Å². The highest BCUT2D eigenvalue weighted by Crippen LogP contribution is 2.17. The van der Waals surface area contributed by atoms with E-state index in [4.69, 9.17) is 14.6 Å². The molecular weight excluding hydrogens is 212 g/mol. The molecule has 0 amide bonds. The van der Waals surface area contributed by atoms with Crippen LogP contribution in [0.25, 0.3) is 0 Å². The van der Waals surface area contributed by atoms with Gasteiger partial charge >= 0.3 is 11.9 Å². The number of esters is 1. The molecule has 5 nitrogen and oxygen atoms in total. The zero-order valence-electron chi connectivity index (χ0n) is 9.86. The zero-order chi connectivity index (χ0) is 12.8. The monoisotopic (exact) mass is 230 g/mol. The Morgan fingerprint density at radius 1 is 1.56 bits per heavy atom. The number of carboxylic acids is 1. The summed E-state index contributed by atoms with van der Waals surface area (Å²) in [6, 6.07) is 0. The maximum Gasteiger partial charge on any atom is 0.327 e. The van der Waals surface area contributed by atoms with Gasteiger partial charge in [-0.2, -0.15) is 0 Å². The van der Waals surface area contributed by atoms with Gasteiger partial charge in [-0.05, 0) is 20.8 Å². The van der Waals surface area contributed by atoms with E-state index >= 15 is 0 Å². The Bertz CT molecular complexity index is 260. The van der Waals surface area contributed by atoms with Crippen molar-refractivity contribution >= 4 is 11.9 Å². The van der Waals surface area contributed by atoms with Gasteiger partial charge in [-0.3, -0.25) is 4.79 Å². The van der Waals surface area contributed by atoms with Crippen molar-refractivity contribution in [2.45, 2.75) is 26.9 Å². The van der Waals surface area contributed by atoms with Crippen molar-refractivity contribution in [3.05, 3.63) is 12.7 Å². The van der Waals surface area contributed by atoms with E-state index in [9.17, 15) is 9.59 Å². The van der Waals surface area contributed by atoms with Gasteiger partial charge in [-0.1, -0.05) is 6.58 Å². The van der Waals surface area contributed by atoms with Crippen LogP contribution in [0.4, 0.5) is 0 Å². The van der Waals surface area contributed by atoms with E-state index in [2.05, 4.69) is 6.58 Å². The van der Waals surface area contributed by atoms with Gasteiger partial charge in [-0.25, -0.2) is 4.79 Å². The van der Waals surface area contributed by atoms with Crippen LogP contribution >= 0.6 is 0 Å². The highest BCUT2D eigenvalue weighted by atomic mass is 16.6. The maximum absolute atomic E-state index is 11.1. The van der Waals surface area contributed by atoms with Crippen LogP contribution in [-0.4, -0.2) is 36.4 Å². The van der Waals surface area contributed by atoms with E-state index in [-0.39, 0.29) is 12.1 Å². The quantitative estimate of drug-likeness (QED) is 0.448. The lowest BCUT2D eigenvalue weighted by Crippen LogP contribution is -2.24. The second-order valence-corrected chi connectivity index (χ2v) is 4.35. The van der Waals surface area contributed by atoms with Gasteiger partial charge in [-0.15, -0.1) is 0 Å². The molecule has 0 aromatic carbocycles. The first-order chi connectivity index (χ1) is 7.27. The smallest absolute Gasteiger partial charge is 0.327 e. The van der Waals surface area contributed by atoms with Crippen molar-refractivity contribution < 1.29 is 24.2 Å². The zero-order valence-corrected chi connectivity index (χ0v) is 9.86. The normalized spacial score (nSPS) is 17.8. The number of ether oxygens (including phenoxy) is 2. The molecule has 1 rings (SSSR count). The highest BCUT2D eigenvalue weighted by molar-refractivity contribution is 5.78. The molecule has 0 bridgehead atoms. The Kier molecular flexibility index (Phi) is 5.74. The third-order valence-corrected chi connectivity index (χ3v) is 1.59. The average Bonchev–Trinajstić information content (AvgIpc) is 2.97. The largest absolute Gasteiger partial charge is 0.478 e. The molecule has 1 heterocycles. The van der Waals surface area contributed by atoms with Crippen LogP contribution in [0.5, 0.6) is 0 Å². The molecule has 1 fully saturated rings. The molecule has 0 aromatic rings. The topological polar surface area (TPSA) is 76.1 Å². The van der Waals surface area contributed by atoms with Gasteiger partial charge in [0.05, 0.1) is 12.0 Å². The van der Waals surface area contributed by atoms with Crippen molar-refractivity contribution in [3.8, 4) is 0 Å². The summed E-state index contributed by atoms with van der Waals surface area (Å²) in [4.78, 5) is 20.4. The molecule has 16 heavy (non-hydrogen) atoms. The summed E-state index contributed by atoms with van der Waals surface area (Å²) in [5, 5.41) is 7.60. The minimum Gasteiger partial charge on any atom is -0.478 e. The summed E-state index contributed by atoms with van der Waals surface area (Å²) >= 11 is 0. The third-order valence-electron chi connectivity index (χ3n) is 1.59. The summed E-state index contributed by atoms with van der Waals surface area (Å²) in [5.41, 5.74) is -0.394. The number of carbonyl (C=O) groups excluding carboxylic acids is 1. The summed E-state index contributed by atoms with van der Waals surface area (Å²) in [6.45, 7) is 9.62. The van der Waals surface area contributed by atoms with Crippen LogP contribution in [0, 0.1) is 5.41 Å². The second-order valence-electron chi connectivity index (χ2n) is 4.35. The van der Waals surface area contributed by atoms with E-state index in [0.717, 1.165) is 12.7 Å². The lowest BCUT2D eigenvalue weighted by Gasteiger charge is -2.15. The highest BCUT2D eigenvalue weighted by Gasteiger charge is 2.28. The van der Waals surface area contributed by atoms with E-state index in [1.807, 2.05) is 20.8 Å².